The molecule has 0 aromatic carbocycles. The zero-order valence-corrected chi connectivity index (χ0v) is 11.3. The third-order valence-corrected chi connectivity index (χ3v) is 3.76. The van der Waals surface area contributed by atoms with Crippen LogP contribution in [-0.2, 0) is 14.4 Å². The van der Waals surface area contributed by atoms with Crippen molar-refractivity contribution in [3.63, 3.8) is 0 Å². The fourth-order valence-electron chi connectivity index (χ4n) is 2.83. The van der Waals surface area contributed by atoms with E-state index in [9.17, 15) is 14.4 Å². The average molecular weight is 267 g/mol. The van der Waals surface area contributed by atoms with Gasteiger partial charge in [0.1, 0.15) is 0 Å². The fraction of sp³-hybridized carbons (Fsp3) is 0.769. The van der Waals surface area contributed by atoms with Crippen LogP contribution >= 0.6 is 0 Å². The predicted octanol–water partition coefficient (Wildman–Crippen LogP) is -0.218. The van der Waals surface area contributed by atoms with E-state index in [1.54, 1.807) is 0 Å². The van der Waals surface area contributed by atoms with Crippen molar-refractivity contribution in [2.45, 2.75) is 51.1 Å². The third-order valence-electron chi connectivity index (χ3n) is 3.76. The van der Waals surface area contributed by atoms with Gasteiger partial charge in [0.2, 0.25) is 17.7 Å². The quantitative estimate of drug-likeness (QED) is 0.675. The van der Waals surface area contributed by atoms with Crippen molar-refractivity contribution >= 4 is 17.7 Å². The van der Waals surface area contributed by atoms with Crippen LogP contribution in [0.15, 0.2) is 0 Å². The monoisotopic (exact) mass is 267 g/mol. The number of hydrogen-bond acceptors (Lipinski definition) is 4. The van der Waals surface area contributed by atoms with Crippen LogP contribution in [0.5, 0.6) is 0 Å². The Bertz CT molecular complexity index is 377. The maximum atomic E-state index is 12.2. The topological polar surface area (TPSA) is 78.5 Å². The Morgan fingerprint density at radius 2 is 2.00 bits per heavy atom. The van der Waals surface area contributed by atoms with Crippen LogP contribution in [0.2, 0.25) is 0 Å². The molecule has 0 spiro atoms. The van der Waals surface area contributed by atoms with Gasteiger partial charge in [-0.2, -0.15) is 0 Å². The van der Waals surface area contributed by atoms with Crippen LogP contribution in [-0.4, -0.2) is 47.8 Å². The molecule has 2 fully saturated rings. The molecule has 1 heterocycles. The molecule has 1 aliphatic heterocycles. The van der Waals surface area contributed by atoms with Gasteiger partial charge in [-0.3, -0.25) is 24.6 Å². The van der Waals surface area contributed by atoms with Gasteiger partial charge in [-0.1, -0.05) is 12.8 Å². The van der Waals surface area contributed by atoms with Gasteiger partial charge < -0.3 is 5.32 Å². The van der Waals surface area contributed by atoms with E-state index in [2.05, 4.69) is 10.6 Å². The summed E-state index contributed by atoms with van der Waals surface area (Å²) in [6, 6.07) is -0.452. The van der Waals surface area contributed by atoms with Gasteiger partial charge in [0.25, 0.3) is 0 Å². The first-order valence-electron chi connectivity index (χ1n) is 6.99. The predicted molar refractivity (Wildman–Crippen MR) is 69.2 cm³/mol. The second-order valence-electron chi connectivity index (χ2n) is 5.13. The van der Waals surface area contributed by atoms with E-state index in [-0.39, 0.29) is 36.7 Å². The molecule has 2 aliphatic rings. The molecule has 1 saturated heterocycles. The maximum absolute atomic E-state index is 12.2. The number of likely N-dealkylation sites (N-methyl/N-ethyl adjacent to an activating group) is 1. The first-order valence-corrected chi connectivity index (χ1v) is 6.99. The van der Waals surface area contributed by atoms with Crippen molar-refractivity contribution < 1.29 is 14.4 Å². The number of hydrogen-bond donors (Lipinski definition) is 2. The highest BCUT2D eigenvalue weighted by Gasteiger charge is 2.42. The van der Waals surface area contributed by atoms with Gasteiger partial charge in [0, 0.05) is 12.6 Å². The van der Waals surface area contributed by atoms with Gasteiger partial charge >= 0.3 is 0 Å². The lowest BCUT2D eigenvalue weighted by Crippen LogP contribution is -2.45. The summed E-state index contributed by atoms with van der Waals surface area (Å²) in [6.45, 7) is 2.48. The summed E-state index contributed by atoms with van der Waals surface area (Å²) in [4.78, 5) is 36.9. The molecule has 2 N–H and O–H groups in total. The Labute approximate surface area is 112 Å². The molecule has 19 heavy (non-hydrogen) atoms. The lowest BCUT2D eigenvalue weighted by atomic mass is 10.2. The number of nitrogens with one attached hydrogen (secondary N) is 2. The van der Waals surface area contributed by atoms with E-state index in [1.807, 2.05) is 6.92 Å². The van der Waals surface area contributed by atoms with E-state index in [4.69, 9.17) is 0 Å². The molecular formula is C13H21N3O3. The molecule has 0 aromatic rings. The zero-order chi connectivity index (χ0) is 13.8. The van der Waals surface area contributed by atoms with Gasteiger partial charge in [-0.15, -0.1) is 0 Å². The van der Waals surface area contributed by atoms with Crippen molar-refractivity contribution in [1.82, 2.24) is 15.5 Å². The van der Waals surface area contributed by atoms with Crippen LogP contribution < -0.4 is 10.6 Å². The Morgan fingerprint density at radius 3 is 2.63 bits per heavy atom. The zero-order valence-electron chi connectivity index (χ0n) is 11.3. The second kappa shape index (κ2) is 6.14. The highest BCUT2D eigenvalue weighted by Crippen LogP contribution is 2.27. The second-order valence-corrected chi connectivity index (χ2v) is 5.13. The number of amides is 3. The van der Waals surface area contributed by atoms with E-state index < -0.39 is 6.04 Å². The number of nitrogens with zero attached hydrogens (tertiary/aromatic N) is 1. The minimum atomic E-state index is -0.532. The number of carbonyl (C=O) groups excluding carboxylic acids is 3. The number of rotatable bonds is 5. The largest absolute Gasteiger partial charge is 0.355 e. The summed E-state index contributed by atoms with van der Waals surface area (Å²) in [5.41, 5.74) is 0. The molecule has 0 aromatic heterocycles. The lowest BCUT2D eigenvalue weighted by Gasteiger charge is -2.22. The molecular weight excluding hydrogens is 246 g/mol. The molecule has 1 atom stereocenters. The fourth-order valence-corrected chi connectivity index (χ4v) is 2.83. The smallest absolute Gasteiger partial charge is 0.247 e. The molecule has 106 valence electrons. The summed E-state index contributed by atoms with van der Waals surface area (Å²) in [6.07, 6.45) is 4.17. The summed E-state index contributed by atoms with van der Waals surface area (Å²) < 4.78 is 0. The van der Waals surface area contributed by atoms with Gasteiger partial charge in [0.05, 0.1) is 19.0 Å². The molecule has 1 saturated carbocycles. The van der Waals surface area contributed by atoms with Crippen molar-refractivity contribution in [2.75, 3.05) is 13.1 Å². The molecule has 2 rings (SSSR count). The number of carbonyl (C=O) groups is 3. The highest BCUT2D eigenvalue weighted by molar-refractivity contribution is 6.06. The van der Waals surface area contributed by atoms with E-state index in [1.165, 1.54) is 4.90 Å². The van der Waals surface area contributed by atoms with Gasteiger partial charge in [-0.25, -0.2) is 0 Å². The third kappa shape index (κ3) is 3.12. The SMILES string of the molecule is CCNC(=O)CNC1CC(=O)N(C2CCCC2)C1=O. The standard InChI is InChI=1S/C13H21N3O3/c1-2-14-11(17)8-15-10-7-12(18)16(13(10)19)9-5-3-4-6-9/h9-10,15H,2-8H2,1H3,(H,14,17). The summed E-state index contributed by atoms with van der Waals surface area (Å²) in [5.74, 6) is -0.423. The number of imide groups is 1. The van der Waals surface area contributed by atoms with Crippen molar-refractivity contribution in [2.24, 2.45) is 0 Å². The minimum absolute atomic E-state index is 0.0794. The van der Waals surface area contributed by atoms with E-state index >= 15 is 0 Å². The van der Waals surface area contributed by atoms with Crippen LogP contribution in [0.1, 0.15) is 39.0 Å². The van der Waals surface area contributed by atoms with Crippen molar-refractivity contribution in [3.05, 3.63) is 0 Å². The van der Waals surface area contributed by atoms with Crippen LogP contribution in [0, 0.1) is 0 Å². The van der Waals surface area contributed by atoms with Gasteiger partial charge in [0.15, 0.2) is 0 Å². The first-order chi connectivity index (χ1) is 9.13. The molecule has 1 unspecified atom stereocenters. The van der Waals surface area contributed by atoms with Crippen molar-refractivity contribution in [1.29, 1.82) is 0 Å². The Balaban J connectivity index is 1.88. The van der Waals surface area contributed by atoms with Crippen LogP contribution in [0.3, 0.4) is 0 Å². The Hall–Kier alpha value is -1.43. The Morgan fingerprint density at radius 1 is 1.32 bits per heavy atom. The summed E-state index contributed by atoms with van der Waals surface area (Å²) in [5, 5.41) is 5.53. The average Bonchev–Trinajstić information content (AvgIpc) is 2.96. The van der Waals surface area contributed by atoms with Crippen LogP contribution in [0.25, 0.3) is 0 Å². The Kier molecular flexibility index (Phi) is 4.52. The summed E-state index contributed by atoms with van der Waals surface area (Å²) in [7, 11) is 0. The maximum Gasteiger partial charge on any atom is 0.247 e. The molecule has 3 amide bonds. The minimum Gasteiger partial charge on any atom is -0.355 e. The molecule has 0 radical (unpaired) electrons. The van der Waals surface area contributed by atoms with E-state index in [0.29, 0.717) is 6.54 Å². The molecule has 1 aliphatic carbocycles. The molecule has 0 bridgehead atoms. The van der Waals surface area contributed by atoms with Crippen LogP contribution in [0.4, 0.5) is 0 Å². The normalized spacial score (nSPS) is 24.3. The first kappa shape index (κ1) is 14.0. The lowest BCUT2D eigenvalue weighted by molar-refractivity contribution is -0.141. The summed E-state index contributed by atoms with van der Waals surface area (Å²) >= 11 is 0. The molecule has 6 nitrogen and oxygen atoms in total. The van der Waals surface area contributed by atoms with Crippen molar-refractivity contribution in [3.8, 4) is 0 Å². The molecule has 6 heteroatoms. The van der Waals surface area contributed by atoms with E-state index in [0.717, 1.165) is 25.7 Å². The van der Waals surface area contributed by atoms with Gasteiger partial charge in [-0.05, 0) is 19.8 Å². The highest BCUT2D eigenvalue weighted by atomic mass is 16.2. The number of likely N-dealkylation sites (tertiary alicyclic amines) is 1.